The predicted octanol–water partition coefficient (Wildman–Crippen LogP) is 1.39. The molecule has 1 N–H and O–H groups in total. The van der Waals surface area contributed by atoms with Crippen LogP contribution in [0.3, 0.4) is 0 Å². The van der Waals surface area contributed by atoms with Crippen LogP contribution in [0.15, 0.2) is 28.0 Å². The van der Waals surface area contributed by atoms with Crippen LogP contribution in [0, 0.1) is 6.92 Å². The average molecular weight is 377 g/mol. The standard InChI is InChI=1S/C20H32N4O3/c1-16-7-5-9-19(25)24(16)11-4-3-10-22-20(21-2)23-12-14-27-18(15-23)17-8-6-13-26-17/h5,7,9,17-18H,3-4,6,8,10-15H2,1-2H3,(H,21,22). The van der Waals surface area contributed by atoms with E-state index in [9.17, 15) is 4.79 Å². The van der Waals surface area contributed by atoms with Crippen molar-refractivity contribution in [2.75, 3.05) is 39.9 Å². The minimum Gasteiger partial charge on any atom is -0.375 e. The number of unbranched alkanes of at least 4 members (excludes halogenated alkanes) is 1. The SMILES string of the molecule is CN=C(NCCCCn1c(C)cccc1=O)N1CCOC(C2CCCO2)C1. The second kappa shape index (κ2) is 9.90. The van der Waals surface area contributed by atoms with Crippen LogP contribution in [0.4, 0.5) is 0 Å². The first-order valence-corrected chi connectivity index (χ1v) is 10.0. The molecule has 7 nitrogen and oxygen atoms in total. The fourth-order valence-corrected chi connectivity index (χ4v) is 3.83. The van der Waals surface area contributed by atoms with E-state index in [1.165, 1.54) is 0 Å². The molecule has 0 aromatic carbocycles. The first-order valence-electron chi connectivity index (χ1n) is 10.0. The molecule has 0 spiro atoms. The summed E-state index contributed by atoms with van der Waals surface area (Å²) in [5, 5.41) is 3.46. The molecule has 3 rings (SSSR count). The lowest BCUT2D eigenvalue weighted by molar-refractivity contribution is -0.0816. The average Bonchev–Trinajstić information content (AvgIpc) is 3.21. The van der Waals surface area contributed by atoms with Gasteiger partial charge in [0.25, 0.3) is 5.56 Å². The van der Waals surface area contributed by atoms with E-state index in [2.05, 4.69) is 15.2 Å². The third kappa shape index (κ3) is 5.32. The summed E-state index contributed by atoms with van der Waals surface area (Å²) in [7, 11) is 1.83. The van der Waals surface area contributed by atoms with Gasteiger partial charge >= 0.3 is 0 Å². The maximum absolute atomic E-state index is 11.9. The van der Waals surface area contributed by atoms with Gasteiger partial charge in [0.2, 0.25) is 0 Å². The van der Waals surface area contributed by atoms with Gasteiger partial charge in [-0.15, -0.1) is 0 Å². The van der Waals surface area contributed by atoms with Crippen LogP contribution in [-0.4, -0.2) is 67.5 Å². The van der Waals surface area contributed by atoms with Gasteiger partial charge in [0, 0.05) is 51.6 Å². The van der Waals surface area contributed by atoms with Crippen LogP contribution in [-0.2, 0) is 16.0 Å². The normalized spacial score (nSPS) is 23.6. The van der Waals surface area contributed by atoms with Crippen LogP contribution < -0.4 is 10.9 Å². The molecule has 0 radical (unpaired) electrons. The van der Waals surface area contributed by atoms with Crippen LogP contribution in [0.5, 0.6) is 0 Å². The predicted molar refractivity (Wildman–Crippen MR) is 106 cm³/mol. The summed E-state index contributed by atoms with van der Waals surface area (Å²) in [4.78, 5) is 18.6. The van der Waals surface area contributed by atoms with Crippen molar-refractivity contribution in [3.05, 3.63) is 34.2 Å². The van der Waals surface area contributed by atoms with Crippen LogP contribution in [0.2, 0.25) is 0 Å². The smallest absolute Gasteiger partial charge is 0.250 e. The Bertz CT molecular complexity index is 682. The highest BCUT2D eigenvalue weighted by Crippen LogP contribution is 2.21. The number of guanidine groups is 1. The van der Waals surface area contributed by atoms with Gasteiger partial charge < -0.3 is 24.3 Å². The van der Waals surface area contributed by atoms with E-state index in [0.29, 0.717) is 6.61 Å². The molecule has 2 atom stereocenters. The summed E-state index contributed by atoms with van der Waals surface area (Å²) in [6.07, 6.45) is 4.51. The Morgan fingerprint density at radius 2 is 2.11 bits per heavy atom. The van der Waals surface area contributed by atoms with Gasteiger partial charge in [-0.05, 0) is 38.7 Å². The molecule has 2 aliphatic heterocycles. The molecule has 1 aromatic heterocycles. The van der Waals surface area contributed by atoms with Crippen molar-refractivity contribution in [3.63, 3.8) is 0 Å². The number of hydrogen-bond donors (Lipinski definition) is 1. The van der Waals surface area contributed by atoms with Gasteiger partial charge in [-0.25, -0.2) is 0 Å². The summed E-state index contributed by atoms with van der Waals surface area (Å²) in [6.45, 7) is 6.80. The molecule has 2 unspecified atom stereocenters. The largest absolute Gasteiger partial charge is 0.375 e. The molecule has 0 saturated carbocycles. The Morgan fingerprint density at radius 1 is 1.26 bits per heavy atom. The van der Waals surface area contributed by atoms with Crippen molar-refractivity contribution in [1.82, 2.24) is 14.8 Å². The molecular weight excluding hydrogens is 344 g/mol. The summed E-state index contributed by atoms with van der Waals surface area (Å²) in [6, 6.07) is 5.41. The molecule has 27 heavy (non-hydrogen) atoms. The van der Waals surface area contributed by atoms with E-state index in [1.54, 1.807) is 6.07 Å². The van der Waals surface area contributed by atoms with Crippen molar-refractivity contribution in [1.29, 1.82) is 0 Å². The molecule has 2 fully saturated rings. The third-order valence-electron chi connectivity index (χ3n) is 5.34. The van der Waals surface area contributed by atoms with Gasteiger partial charge in [0.15, 0.2) is 5.96 Å². The number of rotatable bonds is 6. The number of nitrogens with one attached hydrogen (secondary N) is 1. The lowest BCUT2D eigenvalue weighted by atomic mass is 10.1. The fraction of sp³-hybridized carbons (Fsp3) is 0.700. The first-order chi connectivity index (χ1) is 13.2. The van der Waals surface area contributed by atoms with Crippen molar-refractivity contribution < 1.29 is 9.47 Å². The van der Waals surface area contributed by atoms with Crippen LogP contribution >= 0.6 is 0 Å². The van der Waals surface area contributed by atoms with Gasteiger partial charge in [-0.1, -0.05) is 6.07 Å². The summed E-state index contributed by atoms with van der Waals surface area (Å²) >= 11 is 0. The van der Waals surface area contributed by atoms with Crippen LogP contribution in [0.25, 0.3) is 0 Å². The molecule has 3 heterocycles. The molecule has 0 amide bonds. The fourth-order valence-electron chi connectivity index (χ4n) is 3.83. The summed E-state index contributed by atoms with van der Waals surface area (Å²) in [5.74, 6) is 0.925. The summed E-state index contributed by atoms with van der Waals surface area (Å²) < 4.78 is 13.5. The third-order valence-corrected chi connectivity index (χ3v) is 5.34. The molecule has 2 aliphatic rings. The lowest BCUT2D eigenvalue weighted by Crippen LogP contribution is -2.53. The Kier molecular flexibility index (Phi) is 7.29. The van der Waals surface area contributed by atoms with Gasteiger partial charge in [0.05, 0.1) is 12.7 Å². The molecule has 1 aromatic rings. The van der Waals surface area contributed by atoms with Gasteiger partial charge in [0.1, 0.15) is 6.10 Å². The van der Waals surface area contributed by atoms with Crippen molar-refractivity contribution in [2.24, 2.45) is 4.99 Å². The van der Waals surface area contributed by atoms with Crippen molar-refractivity contribution in [3.8, 4) is 0 Å². The molecular formula is C20H32N4O3. The minimum atomic E-state index is 0.0762. The summed E-state index contributed by atoms with van der Waals surface area (Å²) in [5.41, 5.74) is 1.09. The zero-order valence-electron chi connectivity index (χ0n) is 16.5. The number of aliphatic imine (C=N–C) groups is 1. The number of pyridine rings is 1. The minimum absolute atomic E-state index is 0.0762. The maximum Gasteiger partial charge on any atom is 0.250 e. The first kappa shape index (κ1) is 19.9. The highest BCUT2D eigenvalue weighted by atomic mass is 16.5. The number of morpholine rings is 1. The number of aromatic nitrogens is 1. The second-order valence-electron chi connectivity index (χ2n) is 7.24. The quantitative estimate of drug-likeness (QED) is 0.462. The Balaban J connectivity index is 1.42. The van der Waals surface area contributed by atoms with E-state index in [0.717, 1.165) is 70.1 Å². The van der Waals surface area contributed by atoms with E-state index in [4.69, 9.17) is 9.47 Å². The molecule has 0 aliphatic carbocycles. The second-order valence-corrected chi connectivity index (χ2v) is 7.24. The topological polar surface area (TPSA) is 68.1 Å². The van der Waals surface area contributed by atoms with Crippen molar-refractivity contribution >= 4 is 5.96 Å². The molecule has 150 valence electrons. The Labute approximate surface area is 161 Å². The van der Waals surface area contributed by atoms with Crippen LogP contribution in [0.1, 0.15) is 31.4 Å². The number of ether oxygens (including phenoxy) is 2. The monoisotopic (exact) mass is 376 g/mol. The molecule has 7 heteroatoms. The maximum atomic E-state index is 11.9. The van der Waals surface area contributed by atoms with Gasteiger partial charge in [-0.2, -0.15) is 0 Å². The van der Waals surface area contributed by atoms with Crippen molar-refractivity contribution in [2.45, 2.75) is 51.4 Å². The molecule has 0 bridgehead atoms. The Morgan fingerprint density at radius 3 is 2.85 bits per heavy atom. The van der Waals surface area contributed by atoms with E-state index < -0.39 is 0 Å². The van der Waals surface area contributed by atoms with E-state index in [-0.39, 0.29) is 17.8 Å². The highest BCUT2D eigenvalue weighted by molar-refractivity contribution is 5.80. The van der Waals surface area contributed by atoms with E-state index in [1.807, 2.05) is 30.7 Å². The zero-order valence-corrected chi connectivity index (χ0v) is 16.5. The number of hydrogen-bond acceptors (Lipinski definition) is 4. The number of aryl methyl sites for hydroxylation is 1. The van der Waals surface area contributed by atoms with E-state index >= 15 is 0 Å². The number of nitrogens with zero attached hydrogens (tertiary/aromatic N) is 3. The zero-order chi connectivity index (χ0) is 19.1. The van der Waals surface area contributed by atoms with Gasteiger partial charge in [-0.3, -0.25) is 9.79 Å². The Hall–Kier alpha value is -1.86. The lowest BCUT2D eigenvalue weighted by Gasteiger charge is -2.37. The highest BCUT2D eigenvalue weighted by Gasteiger charge is 2.32. The molecule has 2 saturated heterocycles.